The average molecular weight is 601 g/mol. The quantitative estimate of drug-likeness (QED) is 0.190. The molecule has 0 atom stereocenters. The van der Waals surface area contributed by atoms with E-state index >= 15 is 0 Å². The van der Waals surface area contributed by atoms with E-state index in [9.17, 15) is 13.6 Å². The number of para-hydroxylation sites is 1. The van der Waals surface area contributed by atoms with Crippen LogP contribution in [0.1, 0.15) is 53.7 Å². The average Bonchev–Trinajstić information content (AvgIpc) is 3.58. The maximum Gasteiger partial charge on any atom is 0.219 e. The van der Waals surface area contributed by atoms with Gasteiger partial charge in [-0.15, -0.1) is 0 Å². The van der Waals surface area contributed by atoms with Crippen molar-refractivity contribution in [1.82, 2.24) is 19.7 Å². The van der Waals surface area contributed by atoms with Gasteiger partial charge in [0.25, 0.3) is 0 Å². The van der Waals surface area contributed by atoms with E-state index in [2.05, 4.69) is 28.8 Å². The number of aromatic nitrogens is 3. The van der Waals surface area contributed by atoms with E-state index in [1.165, 1.54) is 29.2 Å². The van der Waals surface area contributed by atoms with Crippen molar-refractivity contribution in [3.8, 4) is 23.1 Å². The number of Topliss-reactive ketones (excluding diaryl/α,β-unsaturated/α-hetero) is 1. The number of fused-ring (bicyclic) bond motifs is 1. The molecule has 0 bridgehead atoms. The van der Waals surface area contributed by atoms with Gasteiger partial charge in [-0.2, -0.15) is 5.10 Å². The lowest BCUT2D eigenvalue weighted by molar-refractivity contribution is 0.0848. The van der Waals surface area contributed by atoms with Crippen LogP contribution < -0.4 is 20.9 Å². The number of nitrogens with two attached hydrogens (primary N) is 2. The number of piperidine rings is 1. The topological polar surface area (TPSA) is 122 Å². The third kappa shape index (κ3) is 5.62. The number of allylic oxidation sites excluding steroid dienone is 1. The van der Waals surface area contributed by atoms with E-state index in [-0.39, 0.29) is 29.1 Å². The Kier molecular flexibility index (Phi) is 7.81. The summed E-state index contributed by atoms with van der Waals surface area (Å²) in [5.74, 6) is -1.70. The highest BCUT2D eigenvalue weighted by molar-refractivity contribution is 6.15. The summed E-state index contributed by atoms with van der Waals surface area (Å²) in [6.45, 7) is 8.13. The van der Waals surface area contributed by atoms with Crippen LogP contribution in [-0.2, 0) is 6.42 Å². The summed E-state index contributed by atoms with van der Waals surface area (Å²) in [6.07, 6.45) is 7.08. The number of hydrogen-bond acceptors (Lipinski definition) is 8. The van der Waals surface area contributed by atoms with Crippen molar-refractivity contribution in [2.75, 3.05) is 24.6 Å². The fourth-order valence-corrected chi connectivity index (χ4v) is 5.71. The van der Waals surface area contributed by atoms with Gasteiger partial charge >= 0.3 is 0 Å². The summed E-state index contributed by atoms with van der Waals surface area (Å²) in [5.41, 5.74) is 17.1. The number of ether oxygens (including phenoxy) is 2. The van der Waals surface area contributed by atoms with Crippen molar-refractivity contribution in [3.63, 3.8) is 0 Å². The maximum absolute atomic E-state index is 14.0. The van der Waals surface area contributed by atoms with E-state index in [4.69, 9.17) is 20.9 Å². The van der Waals surface area contributed by atoms with Crippen LogP contribution in [-0.4, -0.2) is 50.7 Å². The number of carbonyl (C=O) groups is 1. The number of halogens is 2. The summed E-state index contributed by atoms with van der Waals surface area (Å²) >= 11 is 0. The Bertz CT molecular complexity index is 1760. The normalized spacial score (nSPS) is 15.4. The first-order valence-electron chi connectivity index (χ1n) is 14.6. The standard InChI is InChI=1S/C33H34F2N6O3/c1-18(2)40-9-7-23(8-10-40)43-29-15-21-13-22(12-20(21)14-27(29)36)31(42)24-16-39-41(33(24)37)28-17-38-30(11-19(28)3)44-32-25(34)5-4-6-26(32)35/h4-6,11,13-18,23H,7-10,12,36-37H2,1-3H3. The smallest absolute Gasteiger partial charge is 0.219 e. The number of anilines is 2. The summed E-state index contributed by atoms with van der Waals surface area (Å²) < 4.78 is 41.1. The zero-order valence-electron chi connectivity index (χ0n) is 24.8. The number of hydrogen-bond donors (Lipinski definition) is 2. The lowest BCUT2D eigenvalue weighted by Gasteiger charge is -2.34. The highest BCUT2D eigenvalue weighted by Gasteiger charge is 2.27. The molecule has 1 fully saturated rings. The summed E-state index contributed by atoms with van der Waals surface area (Å²) in [4.78, 5) is 20.2. The van der Waals surface area contributed by atoms with Crippen LogP contribution in [0.25, 0.3) is 11.8 Å². The third-order valence-corrected chi connectivity index (χ3v) is 8.24. The molecule has 0 unspecified atom stereocenters. The number of nitrogen functional groups attached to an aromatic ring is 2. The van der Waals surface area contributed by atoms with Crippen LogP contribution in [0.3, 0.4) is 0 Å². The second-order valence-electron chi connectivity index (χ2n) is 11.5. The predicted octanol–water partition coefficient (Wildman–Crippen LogP) is 5.88. The Morgan fingerprint density at radius 2 is 1.80 bits per heavy atom. The Morgan fingerprint density at radius 3 is 2.48 bits per heavy atom. The molecule has 1 aliphatic carbocycles. The van der Waals surface area contributed by atoms with Gasteiger partial charge in [-0.3, -0.25) is 4.79 Å². The van der Waals surface area contributed by atoms with E-state index in [1.54, 1.807) is 6.92 Å². The van der Waals surface area contributed by atoms with Crippen LogP contribution in [0, 0.1) is 18.6 Å². The fourth-order valence-electron chi connectivity index (χ4n) is 5.71. The molecule has 9 nitrogen and oxygen atoms in total. The first kappa shape index (κ1) is 29.3. The van der Waals surface area contributed by atoms with Gasteiger partial charge in [0, 0.05) is 37.2 Å². The van der Waals surface area contributed by atoms with Gasteiger partial charge in [0.05, 0.1) is 29.3 Å². The maximum atomic E-state index is 14.0. The predicted molar refractivity (Wildman–Crippen MR) is 164 cm³/mol. The third-order valence-electron chi connectivity index (χ3n) is 8.24. The van der Waals surface area contributed by atoms with Gasteiger partial charge in [-0.05, 0) is 80.6 Å². The second-order valence-corrected chi connectivity index (χ2v) is 11.5. The van der Waals surface area contributed by atoms with Crippen molar-refractivity contribution in [1.29, 1.82) is 0 Å². The summed E-state index contributed by atoms with van der Waals surface area (Å²) in [6, 6.07) is 9.27. The molecule has 44 heavy (non-hydrogen) atoms. The minimum Gasteiger partial charge on any atom is -0.488 e. The number of likely N-dealkylation sites (tertiary alicyclic amines) is 1. The molecule has 3 heterocycles. The van der Waals surface area contributed by atoms with Crippen molar-refractivity contribution in [2.45, 2.75) is 52.2 Å². The number of aryl methyl sites for hydroxylation is 1. The molecule has 11 heteroatoms. The van der Waals surface area contributed by atoms with Gasteiger partial charge < -0.3 is 25.8 Å². The van der Waals surface area contributed by atoms with Gasteiger partial charge in [0.2, 0.25) is 11.6 Å². The number of ketones is 1. The molecule has 0 radical (unpaired) electrons. The molecular weight excluding hydrogens is 566 g/mol. The zero-order valence-corrected chi connectivity index (χ0v) is 24.8. The van der Waals surface area contributed by atoms with E-state index in [0.29, 0.717) is 40.7 Å². The number of pyridine rings is 1. The van der Waals surface area contributed by atoms with E-state index in [1.807, 2.05) is 18.2 Å². The van der Waals surface area contributed by atoms with Crippen LogP contribution in [0.4, 0.5) is 20.3 Å². The zero-order chi connectivity index (χ0) is 31.1. The molecule has 2 aliphatic rings. The number of nitrogens with zero attached hydrogens (tertiary/aromatic N) is 4. The minimum absolute atomic E-state index is 0.00482. The molecule has 1 saturated heterocycles. The molecule has 4 aromatic rings. The Labute approximate surface area is 254 Å². The van der Waals surface area contributed by atoms with Gasteiger partial charge in [0.1, 0.15) is 17.7 Å². The Morgan fingerprint density at radius 1 is 1.07 bits per heavy atom. The van der Waals surface area contributed by atoms with E-state index in [0.717, 1.165) is 49.2 Å². The summed E-state index contributed by atoms with van der Waals surface area (Å²) in [5, 5.41) is 4.34. The Hall–Kier alpha value is -4.77. The van der Waals surface area contributed by atoms with Crippen LogP contribution in [0.15, 0.2) is 54.4 Å². The molecule has 228 valence electrons. The monoisotopic (exact) mass is 600 g/mol. The lowest BCUT2D eigenvalue weighted by atomic mass is 10.0. The number of rotatable bonds is 8. The summed E-state index contributed by atoms with van der Waals surface area (Å²) in [7, 11) is 0. The molecule has 2 aromatic heterocycles. The molecule has 2 aromatic carbocycles. The first-order valence-corrected chi connectivity index (χ1v) is 14.6. The van der Waals surface area contributed by atoms with Gasteiger partial charge in [-0.1, -0.05) is 6.07 Å². The minimum atomic E-state index is -0.842. The first-order chi connectivity index (χ1) is 21.1. The van der Waals surface area contributed by atoms with E-state index < -0.39 is 17.4 Å². The molecule has 1 aliphatic heterocycles. The van der Waals surface area contributed by atoms with Crippen molar-refractivity contribution in [3.05, 3.63) is 88.3 Å². The van der Waals surface area contributed by atoms with Crippen LogP contribution in [0.2, 0.25) is 0 Å². The van der Waals surface area contributed by atoms with Gasteiger partial charge in [0.15, 0.2) is 17.4 Å². The number of carbonyl (C=O) groups excluding carboxylic acids is 1. The van der Waals surface area contributed by atoms with Crippen LogP contribution in [0.5, 0.6) is 17.4 Å². The highest BCUT2D eigenvalue weighted by atomic mass is 19.1. The highest BCUT2D eigenvalue weighted by Crippen LogP contribution is 2.36. The molecular formula is C33H34F2N6O3. The van der Waals surface area contributed by atoms with Crippen LogP contribution >= 0.6 is 0 Å². The molecule has 0 amide bonds. The SMILES string of the molecule is Cc1cc(Oc2c(F)cccc2F)ncc1-n1ncc(C(=O)C2=Cc3cc(OC4CCN(C(C)C)CC4)c(N)cc3C2)c1N. The lowest BCUT2D eigenvalue weighted by Crippen LogP contribution is -2.41. The van der Waals surface area contributed by atoms with Crippen molar-refractivity contribution >= 4 is 23.4 Å². The molecule has 0 saturated carbocycles. The second kappa shape index (κ2) is 11.7. The molecule has 6 rings (SSSR count). The largest absolute Gasteiger partial charge is 0.488 e. The molecule has 4 N–H and O–H groups in total. The van der Waals surface area contributed by atoms with Gasteiger partial charge in [-0.25, -0.2) is 18.4 Å². The molecule has 0 spiro atoms. The van der Waals surface area contributed by atoms with Crippen molar-refractivity contribution in [2.24, 2.45) is 0 Å². The fraction of sp³-hybridized carbons (Fsp3) is 0.303. The Balaban J connectivity index is 1.18. The van der Waals surface area contributed by atoms with Crippen molar-refractivity contribution < 1.29 is 23.0 Å². The number of benzene rings is 2.